The van der Waals surface area contributed by atoms with Crippen LogP contribution in [0.3, 0.4) is 0 Å². The van der Waals surface area contributed by atoms with Gasteiger partial charge in [-0.15, -0.1) is 11.3 Å². The molecule has 0 aliphatic heterocycles. The van der Waals surface area contributed by atoms with Crippen molar-refractivity contribution in [2.75, 3.05) is 5.75 Å². The van der Waals surface area contributed by atoms with Gasteiger partial charge in [-0.3, -0.25) is 9.36 Å². The molecule has 2 heterocycles. The second kappa shape index (κ2) is 8.42. The SMILES string of the molecule is CCCCCSc1nc2sc3c(c2c(=O)n1-c1ccc(C)cc1)[C@H](C)CCC3. The fraction of sp³-hybridized carbons (Fsp3) is 0.478. The van der Waals surface area contributed by atoms with Crippen molar-refractivity contribution in [2.24, 2.45) is 0 Å². The summed E-state index contributed by atoms with van der Waals surface area (Å²) in [4.78, 5) is 21.0. The molecule has 0 saturated carbocycles. The first-order chi connectivity index (χ1) is 13.6. The van der Waals surface area contributed by atoms with E-state index in [4.69, 9.17) is 4.98 Å². The van der Waals surface area contributed by atoms with Crippen LogP contribution in [-0.2, 0) is 6.42 Å². The van der Waals surface area contributed by atoms with E-state index in [1.807, 2.05) is 16.7 Å². The summed E-state index contributed by atoms with van der Waals surface area (Å²) in [6.07, 6.45) is 7.04. The number of fused-ring (bicyclic) bond motifs is 3. The molecule has 0 spiro atoms. The average Bonchev–Trinajstić information content (AvgIpc) is 3.06. The molecule has 0 unspecified atom stereocenters. The number of hydrogen-bond donors (Lipinski definition) is 0. The zero-order chi connectivity index (χ0) is 19.7. The van der Waals surface area contributed by atoms with Crippen LogP contribution >= 0.6 is 23.1 Å². The molecule has 0 bridgehead atoms. The Morgan fingerprint density at radius 1 is 1.25 bits per heavy atom. The van der Waals surface area contributed by atoms with Crippen LogP contribution in [0.4, 0.5) is 0 Å². The summed E-state index contributed by atoms with van der Waals surface area (Å²) in [7, 11) is 0. The number of hydrogen-bond acceptors (Lipinski definition) is 4. The Morgan fingerprint density at radius 3 is 2.79 bits per heavy atom. The van der Waals surface area contributed by atoms with Crippen LogP contribution in [-0.4, -0.2) is 15.3 Å². The molecule has 3 aromatic rings. The summed E-state index contributed by atoms with van der Waals surface area (Å²) < 4.78 is 1.85. The van der Waals surface area contributed by atoms with Crippen molar-refractivity contribution < 1.29 is 0 Å². The molecule has 1 aliphatic rings. The Hall–Kier alpha value is -1.59. The topological polar surface area (TPSA) is 34.9 Å². The molecule has 1 aromatic carbocycles. The second-order valence-corrected chi connectivity index (χ2v) is 9.98. The lowest BCUT2D eigenvalue weighted by molar-refractivity contribution is 0.601. The van der Waals surface area contributed by atoms with Gasteiger partial charge in [0, 0.05) is 10.6 Å². The third-order valence-corrected chi connectivity index (χ3v) is 7.80. The molecule has 0 N–H and O–H groups in total. The Morgan fingerprint density at radius 2 is 2.04 bits per heavy atom. The Labute approximate surface area is 175 Å². The minimum Gasteiger partial charge on any atom is -0.268 e. The molecule has 1 aliphatic carbocycles. The summed E-state index contributed by atoms with van der Waals surface area (Å²) in [6.45, 7) is 6.55. The van der Waals surface area contributed by atoms with E-state index in [-0.39, 0.29) is 5.56 Å². The van der Waals surface area contributed by atoms with E-state index >= 15 is 0 Å². The third kappa shape index (κ3) is 3.67. The molecule has 0 amide bonds. The molecule has 0 radical (unpaired) electrons. The van der Waals surface area contributed by atoms with Crippen LogP contribution in [0.25, 0.3) is 15.9 Å². The van der Waals surface area contributed by atoms with E-state index in [0.29, 0.717) is 5.92 Å². The Kier molecular flexibility index (Phi) is 5.93. The van der Waals surface area contributed by atoms with Gasteiger partial charge in [0.2, 0.25) is 0 Å². The number of aryl methyl sites for hydroxylation is 2. The maximum absolute atomic E-state index is 13.7. The van der Waals surface area contributed by atoms with Gasteiger partial charge in [-0.1, -0.05) is 56.1 Å². The maximum atomic E-state index is 13.7. The lowest BCUT2D eigenvalue weighted by atomic mass is 9.88. The van der Waals surface area contributed by atoms with Gasteiger partial charge in [-0.05, 0) is 56.2 Å². The van der Waals surface area contributed by atoms with Crippen molar-refractivity contribution in [1.82, 2.24) is 9.55 Å². The van der Waals surface area contributed by atoms with Crippen molar-refractivity contribution in [2.45, 2.75) is 70.4 Å². The molecule has 2 aromatic heterocycles. The number of thiophene rings is 1. The molecule has 0 saturated heterocycles. The van der Waals surface area contributed by atoms with Gasteiger partial charge in [0.1, 0.15) is 4.83 Å². The molecule has 28 heavy (non-hydrogen) atoms. The molecule has 3 nitrogen and oxygen atoms in total. The van der Waals surface area contributed by atoms with Gasteiger partial charge in [-0.2, -0.15) is 0 Å². The highest BCUT2D eigenvalue weighted by atomic mass is 32.2. The molecule has 5 heteroatoms. The summed E-state index contributed by atoms with van der Waals surface area (Å²) in [6, 6.07) is 8.23. The highest BCUT2D eigenvalue weighted by molar-refractivity contribution is 7.99. The first-order valence-electron chi connectivity index (χ1n) is 10.4. The quantitative estimate of drug-likeness (QED) is 0.264. The number of benzene rings is 1. The minimum absolute atomic E-state index is 0.109. The van der Waals surface area contributed by atoms with Crippen LogP contribution in [0.1, 0.15) is 67.9 Å². The highest BCUT2D eigenvalue weighted by Crippen LogP contribution is 2.41. The lowest BCUT2D eigenvalue weighted by Gasteiger charge is -2.19. The van der Waals surface area contributed by atoms with Gasteiger partial charge in [0.25, 0.3) is 5.56 Å². The summed E-state index contributed by atoms with van der Waals surface area (Å²) >= 11 is 3.46. The first kappa shape index (κ1) is 19.7. The summed E-state index contributed by atoms with van der Waals surface area (Å²) in [5.74, 6) is 1.45. The molecule has 1 atom stereocenters. The number of thioether (sulfide) groups is 1. The van der Waals surface area contributed by atoms with Crippen molar-refractivity contribution >= 4 is 33.3 Å². The summed E-state index contributed by atoms with van der Waals surface area (Å²) in [5.41, 5.74) is 3.50. The van der Waals surface area contributed by atoms with Crippen molar-refractivity contribution in [3.8, 4) is 5.69 Å². The normalized spacial score (nSPS) is 16.5. The zero-order valence-electron chi connectivity index (χ0n) is 17.0. The smallest absolute Gasteiger partial charge is 0.267 e. The number of rotatable bonds is 6. The second-order valence-electron chi connectivity index (χ2n) is 7.84. The average molecular weight is 413 g/mol. The van der Waals surface area contributed by atoms with E-state index in [9.17, 15) is 4.79 Å². The van der Waals surface area contributed by atoms with Crippen LogP contribution in [0.2, 0.25) is 0 Å². The highest BCUT2D eigenvalue weighted by Gasteiger charge is 2.26. The lowest BCUT2D eigenvalue weighted by Crippen LogP contribution is -2.22. The van der Waals surface area contributed by atoms with Gasteiger partial charge >= 0.3 is 0 Å². The number of unbranched alkanes of at least 4 members (excludes halogenated alkanes) is 2. The van der Waals surface area contributed by atoms with E-state index < -0.39 is 0 Å². The van der Waals surface area contributed by atoms with Gasteiger partial charge in [-0.25, -0.2) is 4.98 Å². The molecule has 0 fully saturated rings. The van der Waals surface area contributed by atoms with E-state index in [0.717, 1.165) is 46.1 Å². The molecular formula is C23H28N2OS2. The fourth-order valence-electron chi connectivity index (χ4n) is 4.05. The van der Waals surface area contributed by atoms with Gasteiger partial charge in [0.05, 0.1) is 11.1 Å². The monoisotopic (exact) mass is 412 g/mol. The van der Waals surface area contributed by atoms with E-state index in [1.165, 1.54) is 35.3 Å². The standard InChI is InChI=1S/C23H28N2OS2/c1-4-5-6-14-27-23-24-21-20(19-16(3)8-7-9-18(19)28-21)22(26)25(23)17-12-10-15(2)11-13-17/h10-13,16H,4-9,14H2,1-3H3/t16-/m1/s1. The Balaban J connectivity index is 1.89. The predicted molar refractivity (Wildman–Crippen MR) is 122 cm³/mol. The van der Waals surface area contributed by atoms with Crippen LogP contribution < -0.4 is 5.56 Å². The number of aromatic nitrogens is 2. The van der Waals surface area contributed by atoms with E-state index in [2.05, 4.69) is 32.9 Å². The molecule has 148 valence electrons. The van der Waals surface area contributed by atoms with Gasteiger partial charge < -0.3 is 0 Å². The van der Waals surface area contributed by atoms with Crippen molar-refractivity contribution in [3.05, 3.63) is 50.6 Å². The fourth-order valence-corrected chi connectivity index (χ4v) is 6.44. The summed E-state index contributed by atoms with van der Waals surface area (Å²) in [5, 5.41) is 1.70. The van der Waals surface area contributed by atoms with Crippen LogP contribution in [0.5, 0.6) is 0 Å². The number of nitrogens with zero attached hydrogens (tertiary/aromatic N) is 2. The zero-order valence-corrected chi connectivity index (χ0v) is 18.6. The van der Waals surface area contributed by atoms with Gasteiger partial charge in [0.15, 0.2) is 5.16 Å². The molecular weight excluding hydrogens is 384 g/mol. The third-order valence-electron chi connectivity index (χ3n) is 5.61. The van der Waals surface area contributed by atoms with Crippen LogP contribution in [0.15, 0.2) is 34.2 Å². The van der Waals surface area contributed by atoms with Crippen molar-refractivity contribution in [1.29, 1.82) is 0 Å². The van der Waals surface area contributed by atoms with E-state index in [1.54, 1.807) is 23.1 Å². The first-order valence-corrected chi connectivity index (χ1v) is 12.2. The minimum atomic E-state index is 0.109. The molecule has 4 rings (SSSR count). The van der Waals surface area contributed by atoms with Crippen molar-refractivity contribution in [3.63, 3.8) is 0 Å². The maximum Gasteiger partial charge on any atom is 0.267 e. The van der Waals surface area contributed by atoms with Crippen LogP contribution in [0, 0.1) is 6.92 Å². The Bertz CT molecular complexity index is 1030. The predicted octanol–water partition coefficient (Wildman–Crippen LogP) is 6.48. The largest absolute Gasteiger partial charge is 0.268 e.